The van der Waals surface area contributed by atoms with Crippen LogP contribution in [0.1, 0.15) is 13.3 Å². The highest BCUT2D eigenvalue weighted by molar-refractivity contribution is 7.99. The van der Waals surface area contributed by atoms with Crippen molar-refractivity contribution < 1.29 is 4.79 Å². The van der Waals surface area contributed by atoms with Gasteiger partial charge in [0.25, 0.3) is 0 Å². The maximum absolute atomic E-state index is 12.1. The lowest BCUT2D eigenvalue weighted by molar-refractivity contribution is 0.197. The zero-order valence-corrected chi connectivity index (χ0v) is 11.8. The molecule has 1 fully saturated rings. The maximum atomic E-state index is 12.1. The van der Waals surface area contributed by atoms with Gasteiger partial charge in [0.1, 0.15) is 5.82 Å². The second-order valence-corrected chi connectivity index (χ2v) is 5.90. The Morgan fingerprint density at radius 3 is 3.11 bits per heavy atom. The number of carbonyl (C=O) groups excluding carboxylic acids is 1. The fourth-order valence-corrected chi connectivity index (χ4v) is 2.98. The topological polar surface area (TPSA) is 45.2 Å². The normalized spacial score (nSPS) is 20.3. The number of amides is 2. The van der Waals surface area contributed by atoms with E-state index in [0.717, 1.165) is 24.5 Å². The molecule has 0 bridgehead atoms. The van der Waals surface area contributed by atoms with Gasteiger partial charge in [-0.25, -0.2) is 9.78 Å². The molecular formula is C12H16ClN3OS. The van der Waals surface area contributed by atoms with Crippen LogP contribution < -0.4 is 5.32 Å². The van der Waals surface area contributed by atoms with Crippen molar-refractivity contribution in [1.82, 2.24) is 9.88 Å². The quantitative estimate of drug-likeness (QED) is 0.862. The number of hydrogen-bond donors (Lipinski definition) is 1. The first-order valence-electron chi connectivity index (χ1n) is 5.94. The average Bonchev–Trinajstić information content (AvgIpc) is 2.57. The number of anilines is 1. The molecule has 1 unspecified atom stereocenters. The van der Waals surface area contributed by atoms with E-state index >= 15 is 0 Å². The van der Waals surface area contributed by atoms with Crippen LogP contribution in [0.2, 0.25) is 5.02 Å². The lowest BCUT2D eigenvalue weighted by Gasteiger charge is -2.26. The maximum Gasteiger partial charge on any atom is 0.323 e. The molecule has 1 N–H and O–H groups in total. The number of thioether (sulfide) groups is 1. The molecule has 1 aromatic rings. The molecule has 1 aromatic heterocycles. The molecule has 1 atom stereocenters. The molecule has 1 aliphatic rings. The van der Waals surface area contributed by atoms with Crippen LogP contribution in [0.25, 0.3) is 0 Å². The van der Waals surface area contributed by atoms with E-state index in [1.54, 1.807) is 12.1 Å². The Labute approximate surface area is 116 Å². The summed E-state index contributed by atoms with van der Waals surface area (Å²) in [6.45, 7) is 2.87. The molecule has 18 heavy (non-hydrogen) atoms. The van der Waals surface area contributed by atoms with E-state index in [1.165, 1.54) is 6.20 Å². The molecule has 0 aliphatic carbocycles. The van der Waals surface area contributed by atoms with Crippen molar-refractivity contribution in [2.45, 2.75) is 19.4 Å². The van der Waals surface area contributed by atoms with Crippen molar-refractivity contribution in [1.29, 1.82) is 0 Å². The fraction of sp³-hybridized carbons (Fsp3) is 0.500. The summed E-state index contributed by atoms with van der Waals surface area (Å²) in [6, 6.07) is 3.61. The van der Waals surface area contributed by atoms with Gasteiger partial charge in [0.2, 0.25) is 0 Å². The third kappa shape index (κ3) is 3.53. The smallest absolute Gasteiger partial charge is 0.321 e. The minimum atomic E-state index is -0.0835. The highest BCUT2D eigenvalue weighted by atomic mass is 35.5. The van der Waals surface area contributed by atoms with Crippen LogP contribution in [0.3, 0.4) is 0 Å². The Balaban J connectivity index is 1.99. The van der Waals surface area contributed by atoms with Gasteiger partial charge in [0.15, 0.2) is 0 Å². The molecule has 0 radical (unpaired) electrons. The second-order valence-electron chi connectivity index (χ2n) is 4.24. The van der Waals surface area contributed by atoms with Crippen LogP contribution in [-0.4, -0.2) is 40.0 Å². The minimum absolute atomic E-state index is 0.0835. The Morgan fingerprint density at radius 2 is 2.39 bits per heavy atom. The summed E-state index contributed by atoms with van der Waals surface area (Å²) in [6.07, 6.45) is 2.56. The van der Waals surface area contributed by atoms with E-state index in [9.17, 15) is 4.79 Å². The van der Waals surface area contributed by atoms with Crippen LogP contribution in [0.15, 0.2) is 18.3 Å². The van der Waals surface area contributed by atoms with Crippen molar-refractivity contribution in [3.8, 4) is 0 Å². The zero-order chi connectivity index (χ0) is 13.0. The van der Waals surface area contributed by atoms with Gasteiger partial charge in [-0.1, -0.05) is 11.6 Å². The van der Waals surface area contributed by atoms with Gasteiger partial charge >= 0.3 is 6.03 Å². The molecule has 2 rings (SSSR count). The predicted molar refractivity (Wildman–Crippen MR) is 76.4 cm³/mol. The Morgan fingerprint density at radius 1 is 1.56 bits per heavy atom. The van der Waals surface area contributed by atoms with E-state index in [1.807, 2.05) is 16.7 Å². The third-order valence-corrected chi connectivity index (χ3v) is 4.13. The van der Waals surface area contributed by atoms with E-state index in [2.05, 4.69) is 17.2 Å². The van der Waals surface area contributed by atoms with Gasteiger partial charge in [-0.2, -0.15) is 11.8 Å². The number of hydrogen-bond acceptors (Lipinski definition) is 3. The Bertz CT molecular complexity index is 412. The number of aromatic nitrogens is 1. The number of rotatable bonds is 1. The van der Waals surface area contributed by atoms with E-state index < -0.39 is 0 Å². The van der Waals surface area contributed by atoms with Gasteiger partial charge in [0.05, 0.1) is 5.02 Å². The Kier molecular flexibility index (Phi) is 4.72. The van der Waals surface area contributed by atoms with Crippen LogP contribution in [-0.2, 0) is 0 Å². The molecular weight excluding hydrogens is 270 g/mol. The van der Waals surface area contributed by atoms with Gasteiger partial charge in [0, 0.05) is 24.5 Å². The summed E-state index contributed by atoms with van der Waals surface area (Å²) in [5.41, 5.74) is 0. The van der Waals surface area contributed by atoms with Crippen LogP contribution >= 0.6 is 23.4 Å². The summed E-state index contributed by atoms with van der Waals surface area (Å²) in [5, 5.41) is 3.37. The number of urea groups is 1. The molecule has 4 nitrogen and oxygen atoms in total. The zero-order valence-electron chi connectivity index (χ0n) is 10.2. The van der Waals surface area contributed by atoms with E-state index in [0.29, 0.717) is 10.8 Å². The van der Waals surface area contributed by atoms with Crippen molar-refractivity contribution in [3.63, 3.8) is 0 Å². The molecule has 98 valence electrons. The molecule has 2 heterocycles. The highest BCUT2D eigenvalue weighted by Crippen LogP contribution is 2.17. The van der Waals surface area contributed by atoms with Crippen molar-refractivity contribution in [2.24, 2.45) is 0 Å². The summed E-state index contributed by atoms with van der Waals surface area (Å²) in [4.78, 5) is 18.1. The van der Waals surface area contributed by atoms with Crippen molar-refractivity contribution in [2.75, 3.05) is 23.4 Å². The molecule has 6 heteroatoms. The summed E-state index contributed by atoms with van der Waals surface area (Å²) >= 11 is 7.65. The first-order valence-corrected chi connectivity index (χ1v) is 7.47. The van der Waals surface area contributed by atoms with Crippen molar-refractivity contribution in [3.05, 3.63) is 23.4 Å². The molecule has 2 amide bonds. The van der Waals surface area contributed by atoms with E-state index in [4.69, 9.17) is 11.6 Å². The molecule has 0 spiro atoms. The summed E-state index contributed by atoms with van der Waals surface area (Å²) < 4.78 is 0. The second kappa shape index (κ2) is 6.29. The molecule has 1 aliphatic heterocycles. The Hall–Kier alpha value is -0.940. The highest BCUT2D eigenvalue weighted by Gasteiger charge is 2.22. The van der Waals surface area contributed by atoms with Crippen LogP contribution in [0, 0.1) is 0 Å². The number of nitrogens with one attached hydrogen (secondary N) is 1. The third-order valence-electron chi connectivity index (χ3n) is 2.91. The number of nitrogens with zero attached hydrogens (tertiary/aromatic N) is 2. The largest absolute Gasteiger partial charge is 0.323 e. The summed E-state index contributed by atoms with van der Waals surface area (Å²) in [5.74, 6) is 2.64. The van der Waals surface area contributed by atoms with Gasteiger partial charge in [-0.05, 0) is 31.2 Å². The first kappa shape index (κ1) is 13.5. The monoisotopic (exact) mass is 285 g/mol. The fourth-order valence-electron chi connectivity index (χ4n) is 1.83. The standard InChI is InChI=1S/C12H16ClN3OS/c1-9-4-6-18-7-5-16(9)12(17)15-11-3-2-10(13)8-14-11/h2-3,8-9H,4-7H2,1H3,(H,14,15,17). The number of carbonyl (C=O) groups is 1. The SMILES string of the molecule is CC1CCSCCN1C(=O)Nc1ccc(Cl)cn1. The van der Waals surface area contributed by atoms with Crippen LogP contribution in [0.4, 0.5) is 10.6 Å². The average molecular weight is 286 g/mol. The van der Waals surface area contributed by atoms with Crippen LogP contribution in [0.5, 0.6) is 0 Å². The number of halogens is 1. The first-order chi connectivity index (χ1) is 8.66. The number of pyridine rings is 1. The lowest BCUT2D eigenvalue weighted by Crippen LogP contribution is -2.42. The lowest BCUT2D eigenvalue weighted by atomic mass is 10.2. The van der Waals surface area contributed by atoms with Gasteiger partial charge < -0.3 is 4.90 Å². The molecule has 0 saturated carbocycles. The van der Waals surface area contributed by atoms with E-state index in [-0.39, 0.29) is 12.1 Å². The molecule has 1 saturated heterocycles. The van der Waals surface area contributed by atoms with Crippen molar-refractivity contribution >= 4 is 35.2 Å². The molecule has 0 aromatic carbocycles. The van der Waals surface area contributed by atoms with Gasteiger partial charge in [-0.15, -0.1) is 0 Å². The summed E-state index contributed by atoms with van der Waals surface area (Å²) in [7, 11) is 0. The van der Waals surface area contributed by atoms with Gasteiger partial charge in [-0.3, -0.25) is 5.32 Å². The predicted octanol–water partition coefficient (Wildman–Crippen LogP) is 3.09. The minimum Gasteiger partial charge on any atom is -0.321 e.